The van der Waals surface area contributed by atoms with Gasteiger partial charge in [0.2, 0.25) is 0 Å². The normalized spacial score (nSPS) is 16.3. The predicted molar refractivity (Wildman–Crippen MR) is 137 cm³/mol. The molecule has 3 N–H and O–H groups in total. The van der Waals surface area contributed by atoms with Crippen molar-refractivity contribution < 1.29 is 14.6 Å². The SMILES string of the molecule is O=C(O)c1ccccc1CCOc1cccc(CN2CCC[C@@H](Nc3ccc4[nH]ncc4c3)C2)c1. The Kier molecular flexibility index (Phi) is 6.95. The monoisotopic (exact) mass is 470 g/mol. The number of rotatable bonds is 9. The minimum Gasteiger partial charge on any atom is -0.493 e. The summed E-state index contributed by atoms with van der Waals surface area (Å²) in [6, 6.07) is 22.0. The van der Waals surface area contributed by atoms with E-state index in [1.54, 1.807) is 12.1 Å². The molecule has 1 atom stereocenters. The van der Waals surface area contributed by atoms with Crippen LogP contribution in [0.3, 0.4) is 0 Å². The van der Waals surface area contributed by atoms with E-state index in [1.807, 2.05) is 30.5 Å². The third kappa shape index (κ3) is 5.81. The first-order chi connectivity index (χ1) is 17.1. The van der Waals surface area contributed by atoms with Crippen molar-refractivity contribution in [3.05, 3.63) is 89.6 Å². The fraction of sp³-hybridized carbons (Fsp3) is 0.286. The molecule has 0 amide bonds. The summed E-state index contributed by atoms with van der Waals surface area (Å²) in [6.07, 6.45) is 4.72. The van der Waals surface area contributed by atoms with E-state index in [9.17, 15) is 9.90 Å². The van der Waals surface area contributed by atoms with Gasteiger partial charge in [-0.2, -0.15) is 5.10 Å². The van der Waals surface area contributed by atoms with Crippen LogP contribution >= 0.6 is 0 Å². The molecule has 5 rings (SSSR count). The van der Waals surface area contributed by atoms with Gasteiger partial charge in [-0.05, 0) is 66.9 Å². The number of carboxylic acids is 1. The Bertz CT molecular complexity index is 1300. The number of fused-ring (bicyclic) bond motifs is 1. The van der Waals surface area contributed by atoms with Gasteiger partial charge in [0.05, 0.1) is 23.9 Å². The third-order valence-electron chi connectivity index (χ3n) is 6.51. The standard InChI is InChI=1S/C28H30N4O3/c33-28(34)26-9-2-1-6-21(26)12-14-35-25-8-3-5-20(15-25)18-32-13-4-7-24(19-32)30-23-10-11-27-22(16-23)17-29-31-27/h1-3,5-6,8-11,15-17,24,30H,4,7,12-14,18-19H2,(H,29,31)(H,33,34)/t24-/m1/s1. The van der Waals surface area contributed by atoms with Crippen molar-refractivity contribution in [3.8, 4) is 5.75 Å². The van der Waals surface area contributed by atoms with Crippen LogP contribution in [0.4, 0.5) is 5.69 Å². The van der Waals surface area contributed by atoms with E-state index in [-0.39, 0.29) is 0 Å². The smallest absolute Gasteiger partial charge is 0.335 e. The molecule has 0 bridgehead atoms. The van der Waals surface area contributed by atoms with E-state index in [0.717, 1.165) is 60.4 Å². The van der Waals surface area contributed by atoms with Gasteiger partial charge in [-0.25, -0.2) is 4.79 Å². The molecule has 1 fully saturated rings. The van der Waals surface area contributed by atoms with Crippen LogP contribution in [0.2, 0.25) is 0 Å². The van der Waals surface area contributed by atoms with Gasteiger partial charge in [0.15, 0.2) is 0 Å². The van der Waals surface area contributed by atoms with Crippen molar-refractivity contribution in [1.82, 2.24) is 15.1 Å². The predicted octanol–water partition coefficient (Wildman–Crippen LogP) is 4.96. The summed E-state index contributed by atoms with van der Waals surface area (Å²) in [6.45, 7) is 3.37. The average Bonchev–Trinajstić information content (AvgIpc) is 3.33. The molecule has 1 aromatic heterocycles. The molecule has 4 aromatic rings. The second-order valence-corrected chi connectivity index (χ2v) is 9.10. The molecule has 180 valence electrons. The van der Waals surface area contributed by atoms with Crippen LogP contribution in [0.5, 0.6) is 5.75 Å². The number of anilines is 1. The molecular weight excluding hydrogens is 440 g/mol. The summed E-state index contributed by atoms with van der Waals surface area (Å²) in [4.78, 5) is 13.9. The largest absolute Gasteiger partial charge is 0.493 e. The highest BCUT2D eigenvalue weighted by molar-refractivity contribution is 5.89. The number of carboxylic acid groups (broad SMARTS) is 1. The van der Waals surface area contributed by atoms with Crippen LogP contribution in [0.15, 0.2) is 72.9 Å². The van der Waals surface area contributed by atoms with Gasteiger partial charge in [-0.1, -0.05) is 30.3 Å². The van der Waals surface area contributed by atoms with Gasteiger partial charge in [-0.15, -0.1) is 0 Å². The van der Waals surface area contributed by atoms with E-state index in [1.165, 1.54) is 5.56 Å². The molecule has 7 heteroatoms. The lowest BCUT2D eigenvalue weighted by Gasteiger charge is -2.33. The van der Waals surface area contributed by atoms with Crippen molar-refractivity contribution in [2.75, 3.05) is 25.0 Å². The number of ether oxygens (including phenoxy) is 1. The second kappa shape index (κ2) is 10.6. The number of hydrogen-bond donors (Lipinski definition) is 3. The first kappa shape index (κ1) is 22.9. The number of carbonyl (C=O) groups is 1. The maximum absolute atomic E-state index is 11.4. The summed E-state index contributed by atoms with van der Waals surface area (Å²) in [7, 11) is 0. The molecule has 2 heterocycles. The van der Waals surface area contributed by atoms with Crippen LogP contribution in [-0.2, 0) is 13.0 Å². The molecule has 35 heavy (non-hydrogen) atoms. The number of piperidine rings is 1. The third-order valence-corrected chi connectivity index (χ3v) is 6.51. The fourth-order valence-electron chi connectivity index (χ4n) is 4.80. The van der Waals surface area contributed by atoms with E-state index in [2.05, 4.69) is 50.7 Å². The minimum absolute atomic E-state index is 0.336. The van der Waals surface area contributed by atoms with Crippen molar-refractivity contribution in [2.45, 2.75) is 31.8 Å². The van der Waals surface area contributed by atoms with Crippen molar-refractivity contribution in [3.63, 3.8) is 0 Å². The molecule has 1 saturated heterocycles. The van der Waals surface area contributed by atoms with Crippen LogP contribution in [0.1, 0.15) is 34.3 Å². The van der Waals surface area contributed by atoms with Gasteiger partial charge in [0, 0.05) is 36.6 Å². The first-order valence-electron chi connectivity index (χ1n) is 12.1. The summed E-state index contributed by atoms with van der Waals surface area (Å²) in [5.41, 5.74) is 4.52. The molecule has 0 unspecified atom stereocenters. The number of hydrogen-bond acceptors (Lipinski definition) is 5. The Morgan fingerprint density at radius 2 is 2.06 bits per heavy atom. The number of aromatic nitrogens is 2. The quantitative estimate of drug-likeness (QED) is 0.320. The molecule has 0 saturated carbocycles. The van der Waals surface area contributed by atoms with E-state index >= 15 is 0 Å². The zero-order valence-corrected chi connectivity index (χ0v) is 19.6. The molecule has 0 radical (unpaired) electrons. The van der Waals surface area contributed by atoms with Crippen LogP contribution in [-0.4, -0.2) is 51.9 Å². The van der Waals surface area contributed by atoms with Gasteiger partial charge >= 0.3 is 5.97 Å². The lowest BCUT2D eigenvalue weighted by molar-refractivity contribution is 0.0695. The van der Waals surface area contributed by atoms with Crippen molar-refractivity contribution in [2.24, 2.45) is 0 Å². The number of H-pyrrole nitrogens is 1. The lowest BCUT2D eigenvalue weighted by atomic mass is 10.0. The van der Waals surface area contributed by atoms with E-state index in [0.29, 0.717) is 24.6 Å². The zero-order valence-electron chi connectivity index (χ0n) is 19.6. The number of aromatic amines is 1. The molecule has 0 spiro atoms. The fourth-order valence-corrected chi connectivity index (χ4v) is 4.80. The first-order valence-corrected chi connectivity index (χ1v) is 12.1. The second-order valence-electron chi connectivity index (χ2n) is 9.10. The van der Waals surface area contributed by atoms with Crippen molar-refractivity contribution >= 4 is 22.6 Å². The van der Waals surface area contributed by atoms with Gasteiger partial charge in [-0.3, -0.25) is 10.00 Å². The van der Waals surface area contributed by atoms with Gasteiger partial charge in [0.1, 0.15) is 5.75 Å². The molecule has 1 aliphatic heterocycles. The van der Waals surface area contributed by atoms with Crippen LogP contribution < -0.4 is 10.1 Å². The highest BCUT2D eigenvalue weighted by Gasteiger charge is 2.20. The Labute approximate surface area is 204 Å². The highest BCUT2D eigenvalue weighted by atomic mass is 16.5. The number of benzene rings is 3. The number of nitrogens with one attached hydrogen (secondary N) is 2. The molecule has 0 aliphatic carbocycles. The Morgan fingerprint density at radius 1 is 1.14 bits per heavy atom. The zero-order chi connectivity index (χ0) is 24.0. The van der Waals surface area contributed by atoms with Gasteiger partial charge < -0.3 is 15.2 Å². The molecule has 7 nitrogen and oxygen atoms in total. The average molecular weight is 471 g/mol. The van der Waals surface area contributed by atoms with E-state index < -0.39 is 5.97 Å². The highest BCUT2D eigenvalue weighted by Crippen LogP contribution is 2.22. The maximum Gasteiger partial charge on any atom is 0.335 e. The summed E-state index contributed by atoms with van der Waals surface area (Å²) >= 11 is 0. The molecule has 3 aromatic carbocycles. The summed E-state index contributed by atoms with van der Waals surface area (Å²) in [5.74, 6) is -0.0886. The van der Waals surface area contributed by atoms with Crippen LogP contribution in [0.25, 0.3) is 10.9 Å². The van der Waals surface area contributed by atoms with Gasteiger partial charge in [0.25, 0.3) is 0 Å². The molecule has 1 aliphatic rings. The van der Waals surface area contributed by atoms with Crippen molar-refractivity contribution in [1.29, 1.82) is 0 Å². The number of likely N-dealkylation sites (tertiary alicyclic amines) is 1. The summed E-state index contributed by atoms with van der Waals surface area (Å²) < 4.78 is 5.97. The Morgan fingerprint density at radius 3 is 2.97 bits per heavy atom. The van der Waals surface area contributed by atoms with E-state index in [4.69, 9.17) is 4.74 Å². The Hall–Kier alpha value is -3.84. The van der Waals surface area contributed by atoms with Crippen LogP contribution in [0, 0.1) is 0 Å². The Balaban J connectivity index is 1.15. The lowest BCUT2D eigenvalue weighted by Crippen LogP contribution is -2.41. The minimum atomic E-state index is -0.904. The number of aromatic carboxylic acids is 1. The number of nitrogens with zero attached hydrogens (tertiary/aromatic N) is 2. The maximum atomic E-state index is 11.4. The molecular formula is C28H30N4O3. The topological polar surface area (TPSA) is 90.5 Å². The summed E-state index contributed by atoms with van der Waals surface area (Å²) in [5, 5.41) is 21.3.